The monoisotopic (exact) mass is 551 g/mol. The lowest BCUT2D eigenvalue weighted by atomic mass is 9.94. The zero-order valence-corrected chi connectivity index (χ0v) is 23.0. The van der Waals surface area contributed by atoms with Crippen LogP contribution in [0.2, 0.25) is 0 Å². The number of nitrogens with one attached hydrogen (secondary N) is 3. The summed E-state index contributed by atoms with van der Waals surface area (Å²) in [6, 6.07) is 19.2. The maximum atomic E-state index is 12.7. The van der Waals surface area contributed by atoms with E-state index in [0.717, 1.165) is 45.3 Å². The lowest BCUT2D eigenvalue weighted by Gasteiger charge is -2.14. The number of aromatic nitrogens is 2. The molecule has 0 bridgehead atoms. The number of amides is 3. The molecule has 0 spiro atoms. The highest BCUT2D eigenvalue weighted by molar-refractivity contribution is 7.11. The number of primary amides is 1. The third kappa shape index (κ3) is 5.37. The van der Waals surface area contributed by atoms with Gasteiger partial charge in [-0.2, -0.15) is 0 Å². The van der Waals surface area contributed by atoms with E-state index < -0.39 is 5.91 Å². The fourth-order valence-electron chi connectivity index (χ4n) is 4.83. The highest BCUT2D eigenvalue weighted by Crippen LogP contribution is 2.38. The van der Waals surface area contributed by atoms with Crippen LogP contribution in [0.5, 0.6) is 0 Å². The molecule has 2 heterocycles. The summed E-state index contributed by atoms with van der Waals surface area (Å²) in [6.07, 6.45) is 2.85. The van der Waals surface area contributed by atoms with Gasteiger partial charge in [-0.3, -0.25) is 14.4 Å². The van der Waals surface area contributed by atoms with Crippen molar-refractivity contribution in [2.75, 3.05) is 5.32 Å². The van der Waals surface area contributed by atoms with Crippen molar-refractivity contribution in [2.24, 2.45) is 5.73 Å². The molecule has 3 aromatic carbocycles. The number of H-pyrrole nitrogens is 1. The molecule has 5 N–H and O–H groups in total. The molecule has 0 fully saturated rings. The number of nitrogens with zero attached hydrogens (tertiary/aromatic N) is 1. The third-order valence-corrected chi connectivity index (χ3v) is 7.59. The number of hydrogen-bond acceptors (Lipinski definition) is 5. The van der Waals surface area contributed by atoms with Crippen LogP contribution in [0.3, 0.4) is 0 Å². The van der Waals surface area contributed by atoms with Crippen LogP contribution in [0.1, 0.15) is 51.1 Å². The summed E-state index contributed by atoms with van der Waals surface area (Å²) in [4.78, 5) is 44.7. The Hall–Kier alpha value is -4.76. The molecule has 5 aromatic rings. The molecule has 202 valence electrons. The number of nitrogens with two attached hydrogens (primary N) is 1. The van der Waals surface area contributed by atoms with Crippen LogP contribution < -0.4 is 16.4 Å². The van der Waals surface area contributed by atoms with Crippen LogP contribution in [-0.4, -0.2) is 27.7 Å². The van der Waals surface area contributed by atoms with Crippen molar-refractivity contribution < 1.29 is 14.4 Å². The Morgan fingerprint density at radius 1 is 1.00 bits per heavy atom. The number of aromatic amines is 1. The Morgan fingerprint density at radius 3 is 2.55 bits per heavy atom. The zero-order chi connectivity index (χ0) is 28.2. The van der Waals surface area contributed by atoms with Crippen LogP contribution >= 0.6 is 11.3 Å². The number of fused-ring (bicyclic) bond motifs is 1. The Kier molecular flexibility index (Phi) is 7.75. The van der Waals surface area contributed by atoms with Crippen LogP contribution in [-0.2, 0) is 11.3 Å². The summed E-state index contributed by atoms with van der Waals surface area (Å²) >= 11 is 1.28. The smallest absolute Gasteiger partial charge is 0.284 e. The first-order chi connectivity index (χ1) is 19.4. The summed E-state index contributed by atoms with van der Waals surface area (Å²) in [5, 5.41) is 8.92. The van der Waals surface area contributed by atoms with Crippen molar-refractivity contribution in [1.29, 1.82) is 0 Å². The molecule has 0 atom stereocenters. The fraction of sp³-hybridized carbons (Fsp3) is 0.161. The molecular formula is C31H29N5O3S. The molecular weight excluding hydrogens is 522 g/mol. The largest absolute Gasteiger partial charge is 0.366 e. The highest BCUT2D eigenvalue weighted by Gasteiger charge is 2.19. The first-order valence-electron chi connectivity index (χ1n) is 13.0. The Bertz CT molecular complexity index is 1720. The number of benzene rings is 3. The van der Waals surface area contributed by atoms with Crippen molar-refractivity contribution in [2.45, 2.75) is 33.2 Å². The van der Waals surface area contributed by atoms with Gasteiger partial charge in [0.1, 0.15) is 0 Å². The average molecular weight is 552 g/mol. The normalized spacial score (nSPS) is 10.9. The van der Waals surface area contributed by atoms with Crippen LogP contribution in [0.25, 0.3) is 33.3 Å². The van der Waals surface area contributed by atoms with E-state index in [-0.39, 0.29) is 11.8 Å². The topological polar surface area (TPSA) is 130 Å². The zero-order valence-electron chi connectivity index (χ0n) is 22.2. The van der Waals surface area contributed by atoms with E-state index in [2.05, 4.69) is 20.6 Å². The van der Waals surface area contributed by atoms with Gasteiger partial charge in [0, 0.05) is 46.9 Å². The third-order valence-electron chi connectivity index (χ3n) is 6.82. The standard InChI is InChI=1S/C31H29N5O3S/c1-3-7-27(37)34-17-19-8-4-5-9-21(19)26-16-24-22(12-13-23(29(32)38)28(24)35-26)20-10-6-11-25(18(20)2)36-30(39)31-33-14-15-40-31/h4-6,8-16,35H,3,7,17H2,1-2H3,(H2,32,38)(H,34,37)(H,36,39). The molecule has 0 saturated carbocycles. The second-order valence-electron chi connectivity index (χ2n) is 9.45. The maximum Gasteiger partial charge on any atom is 0.284 e. The number of carbonyl (C=O) groups excluding carboxylic acids is 3. The maximum absolute atomic E-state index is 12.7. The van der Waals surface area contributed by atoms with E-state index in [1.165, 1.54) is 11.3 Å². The van der Waals surface area contributed by atoms with Crippen LogP contribution in [0.4, 0.5) is 5.69 Å². The predicted molar refractivity (Wildman–Crippen MR) is 159 cm³/mol. The molecule has 0 aliphatic carbocycles. The minimum atomic E-state index is -0.536. The summed E-state index contributed by atoms with van der Waals surface area (Å²) in [5.41, 5.74) is 12.8. The molecule has 3 amide bonds. The second-order valence-corrected chi connectivity index (χ2v) is 10.3. The average Bonchev–Trinajstić information content (AvgIpc) is 3.64. The van der Waals surface area contributed by atoms with Gasteiger partial charge < -0.3 is 21.4 Å². The SMILES string of the molecule is CCCC(=O)NCc1ccccc1-c1cc2c(-c3cccc(NC(=O)c4nccs4)c3C)ccc(C(N)=O)c2[nH]1. The fourth-order valence-corrected chi connectivity index (χ4v) is 5.36. The molecule has 0 aliphatic rings. The first-order valence-corrected chi connectivity index (χ1v) is 13.9. The molecule has 8 nitrogen and oxygen atoms in total. The number of thiazole rings is 1. The van der Waals surface area contributed by atoms with Gasteiger partial charge in [-0.15, -0.1) is 11.3 Å². The predicted octanol–water partition coefficient (Wildman–Crippen LogP) is 6.03. The molecule has 0 radical (unpaired) electrons. The minimum Gasteiger partial charge on any atom is -0.366 e. The first kappa shape index (κ1) is 26.8. The molecule has 5 rings (SSSR count). The van der Waals surface area contributed by atoms with Crippen molar-refractivity contribution in [3.63, 3.8) is 0 Å². The second kappa shape index (κ2) is 11.5. The summed E-state index contributed by atoms with van der Waals surface area (Å²) in [6.45, 7) is 4.31. The molecule has 0 unspecified atom stereocenters. The van der Waals surface area contributed by atoms with E-state index in [1.807, 2.05) is 68.4 Å². The Balaban J connectivity index is 1.58. The molecule has 2 aromatic heterocycles. The van der Waals surface area contributed by atoms with E-state index in [9.17, 15) is 14.4 Å². The number of rotatable bonds is 9. The summed E-state index contributed by atoms with van der Waals surface area (Å²) in [7, 11) is 0. The van der Waals surface area contributed by atoms with E-state index in [4.69, 9.17) is 5.73 Å². The Labute approximate surface area is 235 Å². The highest BCUT2D eigenvalue weighted by atomic mass is 32.1. The van der Waals surface area contributed by atoms with Crippen molar-refractivity contribution in [1.82, 2.24) is 15.3 Å². The van der Waals surface area contributed by atoms with Gasteiger partial charge in [-0.25, -0.2) is 4.98 Å². The Morgan fingerprint density at radius 2 is 1.80 bits per heavy atom. The molecule has 0 saturated heterocycles. The summed E-state index contributed by atoms with van der Waals surface area (Å²) in [5.74, 6) is -0.799. The van der Waals surface area contributed by atoms with Crippen molar-refractivity contribution in [3.05, 3.63) is 93.9 Å². The number of hydrogen-bond donors (Lipinski definition) is 4. The number of carbonyl (C=O) groups is 3. The quantitative estimate of drug-likeness (QED) is 0.178. The van der Waals surface area contributed by atoms with Gasteiger partial charge in [0.05, 0.1) is 11.1 Å². The van der Waals surface area contributed by atoms with E-state index in [0.29, 0.717) is 34.7 Å². The minimum absolute atomic E-state index is 0.00422. The van der Waals surface area contributed by atoms with Gasteiger partial charge in [-0.1, -0.05) is 49.4 Å². The molecule has 0 aliphatic heterocycles. The molecule has 40 heavy (non-hydrogen) atoms. The number of anilines is 1. The van der Waals surface area contributed by atoms with Gasteiger partial charge in [0.15, 0.2) is 5.01 Å². The van der Waals surface area contributed by atoms with Crippen molar-refractivity contribution >= 4 is 45.6 Å². The van der Waals surface area contributed by atoms with E-state index in [1.54, 1.807) is 17.6 Å². The lowest BCUT2D eigenvalue weighted by molar-refractivity contribution is -0.121. The van der Waals surface area contributed by atoms with Gasteiger partial charge in [0.2, 0.25) is 5.91 Å². The molecule has 9 heteroatoms. The van der Waals surface area contributed by atoms with Gasteiger partial charge in [0.25, 0.3) is 11.8 Å². The van der Waals surface area contributed by atoms with Crippen LogP contribution in [0.15, 0.2) is 72.2 Å². The van der Waals surface area contributed by atoms with E-state index >= 15 is 0 Å². The van der Waals surface area contributed by atoms with Gasteiger partial charge >= 0.3 is 0 Å². The summed E-state index contributed by atoms with van der Waals surface area (Å²) < 4.78 is 0. The van der Waals surface area contributed by atoms with Crippen molar-refractivity contribution in [3.8, 4) is 22.4 Å². The van der Waals surface area contributed by atoms with Gasteiger partial charge in [-0.05, 0) is 53.8 Å². The lowest BCUT2D eigenvalue weighted by Crippen LogP contribution is -2.22. The van der Waals surface area contributed by atoms with Crippen LogP contribution in [0, 0.1) is 6.92 Å².